The molecule has 0 bridgehead atoms. The van der Waals surface area contributed by atoms with Gasteiger partial charge in [0.15, 0.2) is 0 Å². The van der Waals surface area contributed by atoms with Gasteiger partial charge in [-0.1, -0.05) is 37.6 Å². The third-order valence-electron chi connectivity index (χ3n) is 3.41. The molecule has 3 nitrogen and oxygen atoms in total. The Kier molecular flexibility index (Phi) is 5.64. The van der Waals surface area contributed by atoms with Crippen LogP contribution in [0.25, 0.3) is 0 Å². The van der Waals surface area contributed by atoms with Crippen molar-refractivity contribution in [3.8, 4) is 0 Å². The zero-order valence-electron chi connectivity index (χ0n) is 11.7. The fourth-order valence-electron chi connectivity index (χ4n) is 2.28. The Morgan fingerprint density at radius 1 is 1.37 bits per heavy atom. The highest BCUT2D eigenvalue weighted by atomic mass is 35.5. The van der Waals surface area contributed by atoms with Crippen LogP contribution < -0.4 is 5.32 Å². The first-order chi connectivity index (χ1) is 9.15. The quantitative estimate of drug-likeness (QED) is 0.898. The second-order valence-electron chi connectivity index (χ2n) is 5.39. The van der Waals surface area contributed by atoms with Crippen LogP contribution in [-0.4, -0.2) is 43.3 Å². The summed E-state index contributed by atoms with van der Waals surface area (Å²) in [5, 5.41) is 4.29. The van der Waals surface area contributed by atoms with Crippen molar-refractivity contribution in [3.05, 3.63) is 34.9 Å². The van der Waals surface area contributed by atoms with Gasteiger partial charge in [-0.3, -0.25) is 4.90 Å². The summed E-state index contributed by atoms with van der Waals surface area (Å²) in [6.45, 7) is 8.92. The lowest BCUT2D eigenvalue weighted by Crippen LogP contribution is -2.50. The minimum Gasteiger partial charge on any atom is -0.378 e. The standard InChI is InChI=1S/C15H23ClN2O/c1-12(2)17-9-15-11-19-8-7-18(15)10-13-3-5-14(16)6-4-13/h3-6,12,15,17H,7-11H2,1-2H3. The first-order valence-corrected chi connectivity index (χ1v) is 7.32. The van der Waals surface area contributed by atoms with E-state index in [2.05, 4.69) is 36.2 Å². The van der Waals surface area contributed by atoms with Gasteiger partial charge in [0, 0.05) is 36.7 Å². The van der Waals surface area contributed by atoms with Crippen LogP contribution >= 0.6 is 11.6 Å². The van der Waals surface area contributed by atoms with Gasteiger partial charge in [-0.25, -0.2) is 0 Å². The van der Waals surface area contributed by atoms with Gasteiger partial charge in [-0.15, -0.1) is 0 Å². The summed E-state index contributed by atoms with van der Waals surface area (Å²) < 4.78 is 5.60. The lowest BCUT2D eigenvalue weighted by molar-refractivity contribution is -0.0114. The van der Waals surface area contributed by atoms with Crippen molar-refractivity contribution in [3.63, 3.8) is 0 Å². The Bertz CT molecular complexity index is 380. The molecular formula is C15H23ClN2O. The molecule has 19 heavy (non-hydrogen) atoms. The van der Waals surface area contributed by atoms with Crippen molar-refractivity contribution in [1.29, 1.82) is 0 Å². The average molecular weight is 283 g/mol. The molecule has 1 aromatic rings. The van der Waals surface area contributed by atoms with E-state index in [9.17, 15) is 0 Å². The van der Waals surface area contributed by atoms with Gasteiger partial charge < -0.3 is 10.1 Å². The summed E-state index contributed by atoms with van der Waals surface area (Å²) in [5.74, 6) is 0. The number of hydrogen-bond donors (Lipinski definition) is 1. The molecule has 0 saturated carbocycles. The predicted octanol–water partition coefficient (Wildman–Crippen LogP) is 2.54. The maximum absolute atomic E-state index is 5.92. The molecule has 0 amide bonds. The summed E-state index contributed by atoms with van der Waals surface area (Å²) in [5.41, 5.74) is 1.31. The number of rotatable bonds is 5. The molecule has 0 spiro atoms. The van der Waals surface area contributed by atoms with E-state index in [4.69, 9.17) is 16.3 Å². The predicted molar refractivity (Wildman–Crippen MR) is 79.6 cm³/mol. The summed E-state index contributed by atoms with van der Waals surface area (Å²) in [4.78, 5) is 2.49. The van der Waals surface area contributed by atoms with E-state index < -0.39 is 0 Å². The van der Waals surface area contributed by atoms with E-state index in [0.717, 1.165) is 37.9 Å². The third-order valence-corrected chi connectivity index (χ3v) is 3.66. The fourth-order valence-corrected chi connectivity index (χ4v) is 2.41. The molecule has 1 aliphatic heterocycles. The van der Waals surface area contributed by atoms with Gasteiger partial charge in [-0.2, -0.15) is 0 Å². The van der Waals surface area contributed by atoms with E-state index in [1.165, 1.54) is 5.56 Å². The summed E-state index contributed by atoms with van der Waals surface area (Å²) >= 11 is 5.92. The van der Waals surface area contributed by atoms with Gasteiger partial charge in [-0.05, 0) is 17.7 Å². The Balaban J connectivity index is 1.93. The molecule has 1 aromatic carbocycles. The molecule has 4 heteroatoms. The molecule has 1 saturated heterocycles. The SMILES string of the molecule is CC(C)NCC1COCCN1Cc1ccc(Cl)cc1. The first-order valence-electron chi connectivity index (χ1n) is 6.95. The van der Waals surface area contributed by atoms with Crippen molar-refractivity contribution in [1.82, 2.24) is 10.2 Å². The number of nitrogens with zero attached hydrogens (tertiary/aromatic N) is 1. The Labute approximate surface area is 120 Å². The van der Waals surface area contributed by atoms with Crippen LogP contribution in [0.4, 0.5) is 0 Å². The maximum atomic E-state index is 5.92. The number of nitrogens with one attached hydrogen (secondary N) is 1. The highest BCUT2D eigenvalue weighted by molar-refractivity contribution is 6.30. The van der Waals surface area contributed by atoms with Crippen LogP contribution in [0.15, 0.2) is 24.3 Å². The Morgan fingerprint density at radius 2 is 2.11 bits per heavy atom. The van der Waals surface area contributed by atoms with Crippen molar-refractivity contribution < 1.29 is 4.74 Å². The second-order valence-corrected chi connectivity index (χ2v) is 5.83. The minimum absolute atomic E-state index is 0.451. The number of morpholine rings is 1. The Hall–Kier alpha value is -0.610. The summed E-state index contributed by atoms with van der Waals surface area (Å²) in [6.07, 6.45) is 0. The van der Waals surface area contributed by atoms with Crippen LogP contribution in [-0.2, 0) is 11.3 Å². The number of benzene rings is 1. The number of halogens is 1. The highest BCUT2D eigenvalue weighted by Gasteiger charge is 2.22. The monoisotopic (exact) mass is 282 g/mol. The number of ether oxygens (including phenoxy) is 1. The van der Waals surface area contributed by atoms with Gasteiger partial charge in [0.2, 0.25) is 0 Å². The lowest BCUT2D eigenvalue weighted by atomic mass is 10.1. The van der Waals surface area contributed by atoms with Crippen LogP contribution in [0.5, 0.6) is 0 Å². The molecule has 1 atom stereocenters. The van der Waals surface area contributed by atoms with Gasteiger partial charge >= 0.3 is 0 Å². The number of hydrogen-bond acceptors (Lipinski definition) is 3. The molecule has 1 N–H and O–H groups in total. The lowest BCUT2D eigenvalue weighted by Gasteiger charge is -2.36. The van der Waals surface area contributed by atoms with E-state index in [1.807, 2.05) is 12.1 Å². The van der Waals surface area contributed by atoms with Crippen molar-refractivity contribution >= 4 is 11.6 Å². The molecule has 0 radical (unpaired) electrons. The van der Waals surface area contributed by atoms with Gasteiger partial charge in [0.1, 0.15) is 0 Å². The van der Waals surface area contributed by atoms with Crippen molar-refractivity contribution in [2.75, 3.05) is 26.3 Å². The summed E-state index contributed by atoms with van der Waals surface area (Å²) in [7, 11) is 0. The van der Waals surface area contributed by atoms with Gasteiger partial charge in [0.05, 0.1) is 13.2 Å². The van der Waals surface area contributed by atoms with Gasteiger partial charge in [0.25, 0.3) is 0 Å². The van der Waals surface area contributed by atoms with Crippen molar-refractivity contribution in [2.45, 2.75) is 32.5 Å². The molecule has 2 rings (SSSR count). The Morgan fingerprint density at radius 3 is 2.79 bits per heavy atom. The molecule has 106 valence electrons. The third kappa shape index (κ3) is 4.77. The van der Waals surface area contributed by atoms with E-state index in [0.29, 0.717) is 12.1 Å². The molecular weight excluding hydrogens is 260 g/mol. The van der Waals surface area contributed by atoms with Crippen LogP contribution in [0.1, 0.15) is 19.4 Å². The smallest absolute Gasteiger partial charge is 0.0635 e. The van der Waals surface area contributed by atoms with Crippen LogP contribution in [0, 0.1) is 0 Å². The highest BCUT2D eigenvalue weighted by Crippen LogP contribution is 2.15. The largest absolute Gasteiger partial charge is 0.378 e. The van der Waals surface area contributed by atoms with E-state index >= 15 is 0 Å². The zero-order chi connectivity index (χ0) is 13.7. The molecule has 1 heterocycles. The molecule has 0 aliphatic carbocycles. The van der Waals surface area contributed by atoms with E-state index in [-0.39, 0.29) is 0 Å². The zero-order valence-corrected chi connectivity index (χ0v) is 12.5. The van der Waals surface area contributed by atoms with Crippen molar-refractivity contribution in [2.24, 2.45) is 0 Å². The topological polar surface area (TPSA) is 24.5 Å². The summed E-state index contributed by atoms with van der Waals surface area (Å²) in [6, 6.07) is 9.08. The normalized spacial score (nSPS) is 20.9. The molecule has 1 aliphatic rings. The first kappa shape index (κ1) is 14.8. The second kappa shape index (κ2) is 7.25. The maximum Gasteiger partial charge on any atom is 0.0635 e. The average Bonchev–Trinajstić information content (AvgIpc) is 2.40. The van der Waals surface area contributed by atoms with Crippen LogP contribution in [0.3, 0.4) is 0 Å². The fraction of sp³-hybridized carbons (Fsp3) is 0.600. The molecule has 1 unspecified atom stereocenters. The minimum atomic E-state index is 0.451. The molecule has 1 fully saturated rings. The van der Waals surface area contributed by atoms with E-state index in [1.54, 1.807) is 0 Å². The van der Waals surface area contributed by atoms with Crippen LogP contribution in [0.2, 0.25) is 5.02 Å². The molecule has 0 aromatic heterocycles.